The molecule has 0 bridgehead atoms. The van der Waals surface area contributed by atoms with Crippen molar-refractivity contribution in [2.75, 3.05) is 6.61 Å². The first-order valence-electron chi connectivity index (χ1n) is 15.6. The van der Waals surface area contributed by atoms with Crippen LogP contribution in [-0.4, -0.2) is 79.7 Å². The van der Waals surface area contributed by atoms with Crippen molar-refractivity contribution < 1.29 is 32.3 Å². The molecule has 1 aromatic carbocycles. The highest BCUT2D eigenvalue weighted by Gasteiger charge is 2.51. The number of hydrogen-bond donors (Lipinski definition) is 0. The Hall–Kier alpha value is -1.50. The van der Waals surface area contributed by atoms with Gasteiger partial charge in [0.15, 0.2) is 30.7 Å². The van der Waals surface area contributed by atoms with Crippen molar-refractivity contribution in [3.63, 3.8) is 0 Å². The smallest absolute Gasteiger partial charge is 0.184 e. The fourth-order valence-corrected chi connectivity index (χ4v) is 9.34. The number of benzene rings is 1. The van der Waals surface area contributed by atoms with E-state index in [0.717, 1.165) is 0 Å². The summed E-state index contributed by atoms with van der Waals surface area (Å²) < 4.78 is 32.6. The fourth-order valence-electron chi connectivity index (χ4n) is 5.76. The molecule has 2 aliphatic heterocycles. The van der Waals surface area contributed by atoms with E-state index in [-0.39, 0.29) is 72.9 Å². The minimum atomic E-state index is -2.04. The topological polar surface area (TPSA) is 107 Å². The number of carbonyl (C=O) groups excluding carboxylic acids is 2. The zero-order valence-electron chi connectivity index (χ0n) is 28.1. The van der Waals surface area contributed by atoms with E-state index in [1.165, 1.54) is 0 Å². The molecule has 0 amide bonds. The second kappa shape index (κ2) is 14.3. The molecule has 240 valence electrons. The number of Topliss-reactive ketones (excluding diaryl/α,β-unsaturated/α-hetero) is 2. The van der Waals surface area contributed by atoms with Crippen LogP contribution in [0.25, 0.3) is 0 Å². The quantitative estimate of drug-likeness (QED) is 0.0910. The molecule has 8 atom stereocenters. The summed E-state index contributed by atoms with van der Waals surface area (Å²) in [5.41, 5.74) is 0.906. The van der Waals surface area contributed by atoms with Crippen molar-refractivity contribution in [3.05, 3.63) is 35.4 Å². The van der Waals surface area contributed by atoms with Crippen LogP contribution in [0.3, 0.4) is 0 Å². The number of carbonyl (C=O) groups is 2. The van der Waals surface area contributed by atoms with Gasteiger partial charge in [-0.15, -0.1) is 0 Å². The third-order valence-corrected chi connectivity index (χ3v) is 10.8. The van der Waals surface area contributed by atoms with Crippen LogP contribution < -0.4 is 0 Å². The van der Waals surface area contributed by atoms with Gasteiger partial charge in [-0.2, -0.15) is 5.26 Å². The maximum Gasteiger partial charge on any atom is 0.184 e. The number of hydrogen-bond acceptors (Lipinski definition) is 8. The highest BCUT2D eigenvalue weighted by atomic mass is 28.4. The van der Waals surface area contributed by atoms with Crippen molar-refractivity contribution in [3.8, 4) is 6.07 Å². The van der Waals surface area contributed by atoms with E-state index in [1.54, 1.807) is 24.3 Å². The Bertz CT molecular complexity index is 1150. The van der Waals surface area contributed by atoms with Crippen LogP contribution in [0.15, 0.2) is 24.3 Å². The van der Waals surface area contributed by atoms with Crippen LogP contribution in [0.4, 0.5) is 0 Å². The van der Waals surface area contributed by atoms with E-state index >= 15 is 0 Å². The van der Waals surface area contributed by atoms with Crippen molar-refractivity contribution in [1.82, 2.24) is 0 Å². The lowest BCUT2D eigenvalue weighted by Crippen LogP contribution is -2.58. The summed E-state index contributed by atoms with van der Waals surface area (Å²) in [6.45, 7) is 24.3. The molecule has 11 heteroatoms. The molecular weight excluding hydrogens is 595 g/mol. The lowest BCUT2D eigenvalue weighted by Gasteiger charge is -2.47. The molecule has 1 aromatic rings. The minimum absolute atomic E-state index is 0.0659. The van der Waals surface area contributed by atoms with Crippen molar-refractivity contribution in [2.45, 2.75) is 129 Å². The highest BCUT2D eigenvalue weighted by molar-refractivity contribution is 6.70. The van der Waals surface area contributed by atoms with Gasteiger partial charge in [0.05, 0.1) is 55.2 Å². The van der Waals surface area contributed by atoms with Gasteiger partial charge in [-0.1, -0.05) is 19.1 Å². The lowest BCUT2D eigenvalue weighted by atomic mass is 9.85. The average molecular weight is 648 g/mol. The molecule has 3 rings (SSSR count). The predicted octanol–water partition coefficient (Wildman–Crippen LogP) is 6.58. The van der Waals surface area contributed by atoms with E-state index < -0.39 is 25.0 Å². The number of rotatable bonds is 15. The number of ketones is 2. The summed E-state index contributed by atoms with van der Waals surface area (Å²) in [5.74, 6) is -0.344. The van der Waals surface area contributed by atoms with Gasteiger partial charge in [-0.05, 0) is 78.0 Å². The molecule has 0 aromatic heterocycles. The van der Waals surface area contributed by atoms with Crippen LogP contribution in [0.1, 0.15) is 49.0 Å². The van der Waals surface area contributed by atoms with Crippen LogP contribution in [0.5, 0.6) is 0 Å². The molecule has 2 heterocycles. The predicted molar refractivity (Wildman–Crippen MR) is 176 cm³/mol. The summed E-state index contributed by atoms with van der Waals surface area (Å²) in [4.78, 5) is 26.1. The average Bonchev–Trinajstić information content (AvgIpc) is 3.63. The molecule has 0 radical (unpaired) electrons. The molecule has 2 aliphatic rings. The zero-order chi connectivity index (χ0) is 32.3. The number of nitrogens with zero attached hydrogens (tertiary/aromatic N) is 1. The van der Waals surface area contributed by atoms with Gasteiger partial charge in [0.1, 0.15) is 5.78 Å². The van der Waals surface area contributed by atoms with Crippen LogP contribution in [0, 0.1) is 23.2 Å². The van der Waals surface area contributed by atoms with Crippen molar-refractivity contribution >= 4 is 36.5 Å². The van der Waals surface area contributed by atoms with Gasteiger partial charge in [0.2, 0.25) is 0 Å². The minimum Gasteiger partial charge on any atom is -0.415 e. The summed E-state index contributed by atoms with van der Waals surface area (Å²) in [6, 6.07) is 8.44. The number of nitriles is 1. The lowest BCUT2D eigenvalue weighted by molar-refractivity contribution is -0.158. The first-order chi connectivity index (χ1) is 19.8. The molecule has 0 aliphatic carbocycles. The standard InChI is InChI=1S/C32H53NO7Si3/c1-21(22(2)38-41(3,4)5)30-29(37-30)18-28-32(40-43(9,10)11)31(39-42(6,7)8)25(20-36-28)16-26(34)17-27(35)24-14-12-23(19-33)13-15-24/h12-15,21-22,25,28-32H,16-18,20H2,1-11H3/t21-,22+,25+,28+,29+,30+,31-,32-/m1/s1. The van der Waals surface area contributed by atoms with Crippen molar-refractivity contribution in [2.24, 2.45) is 11.8 Å². The Morgan fingerprint density at radius 2 is 1.49 bits per heavy atom. The van der Waals surface area contributed by atoms with Crippen LogP contribution in [0.2, 0.25) is 58.9 Å². The summed E-state index contributed by atoms with van der Waals surface area (Å²) in [7, 11) is -5.73. The third kappa shape index (κ3) is 11.4. The Morgan fingerprint density at radius 1 is 0.907 bits per heavy atom. The molecule has 43 heavy (non-hydrogen) atoms. The van der Waals surface area contributed by atoms with Gasteiger partial charge in [0.25, 0.3) is 0 Å². The molecule has 0 spiro atoms. The zero-order valence-corrected chi connectivity index (χ0v) is 31.1. The van der Waals surface area contributed by atoms with Gasteiger partial charge >= 0.3 is 0 Å². The Morgan fingerprint density at radius 3 is 2.02 bits per heavy atom. The van der Waals surface area contributed by atoms with Gasteiger partial charge in [-0.3, -0.25) is 9.59 Å². The summed E-state index contributed by atoms with van der Waals surface area (Å²) >= 11 is 0. The maximum atomic E-state index is 13.2. The van der Waals surface area contributed by atoms with Crippen LogP contribution >= 0.6 is 0 Å². The monoisotopic (exact) mass is 647 g/mol. The number of ether oxygens (including phenoxy) is 2. The molecule has 0 unspecified atom stereocenters. The Balaban J connectivity index is 1.74. The fraction of sp³-hybridized carbons (Fsp3) is 0.719. The van der Waals surface area contributed by atoms with Gasteiger partial charge in [0, 0.05) is 36.3 Å². The second-order valence-electron chi connectivity index (χ2n) is 15.2. The van der Waals surface area contributed by atoms with Gasteiger partial charge in [-0.25, -0.2) is 0 Å². The first kappa shape index (κ1) is 36.0. The molecule has 8 nitrogen and oxygen atoms in total. The Kier molecular flexibility index (Phi) is 12.0. The summed E-state index contributed by atoms with van der Waals surface area (Å²) in [5, 5.41) is 9.03. The Labute approximate surface area is 262 Å². The third-order valence-electron chi connectivity index (χ3n) is 7.73. The highest BCUT2D eigenvalue weighted by Crippen LogP contribution is 2.40. The van der Waals surface area contributed by atoms with Crippen molar-refractivity contribution in [1.29, 1.82) is 5.26 Å². The van der Waals surface area contributed by atoms with E-state index in [1.807, 2.05) is 6.07 Å². The SMILES string of the molecule is C[C@@H]([C@@H]1O[C@H]1C[C@@H]1OC[C@H](CC(=O)CC(=O)c2ccc(C#N)cc2)[C@@H](O[Si](C)(C)C)[C@@H]1O[Si](C)(C)C)[C@H](C)O[Si](C)(C)C. The molecule has 2 fully saturated rings. The van der Waals surface area contributed by atoms with E-state index in [4.69, 9.17) is 28.0 Å². The molecule has 2 saturated heterocycles. The maximum absolute atomic E-state index is 13.2. The molecule has 0 N–H and O–H groups in total. The first-order valence-corrected chi connectivity index (χ1v) is 25.8. The number of epoxide rings is 1. The molecular formula is C32H53NO7Si3. The van der Waals surface area contributed by atoms with Crippen LogP contribution in [-0.2, 0) is 27.5 Å². The van der Waals surface area contributed by atoms with E-state index in [0.29, 0.717) is 24.2 Å². The van der Waals surface area contributed by atoms with E-state index in [2.05, 4.69) is 72.8 Å². The van der Waals surface area contributed by atoms with E-state index in [9.17, 15) is 9.59 Å². The second-order valence-corrected chi connectivity index (χ2v) is 28.6. The summed E-state index contributed by atoms with van der Waals surface area (Å²) in [6.07, 6.45) is 0.141. The normalized spacial score (nSPS) is 27.7. The largest absolute Gasteiger partial charge is 0.415 e. The molecule has 0 saturated carbocycles. The van der Waals surface area contributed by atoms with Gasteiger partial charge < -0.3 is 22.8 Å².